The van der Waals surface area contributed by atoms with Gasteiger partial charge in [0.05, 0.1) is 7.11 Å². The Morgan fingerprint density at radius 2 is 2.40 bits per heavy atom. The highest BCUT2D eigenvalue weighted by Crippen LogP contribution is 2.03. The van der Waals surface area contributed by atoms with E-state index < -0.39 is 0 Å². The van der Waals surface area contributed by atoms with Crippen LogP contribution >= 0.6 is 0 Å². The molecule has 1 aliphatic rings. The van der Waals surface area contributed by atoms with Crippen LogP contribution in [0.3, 0.4) is 0 Å². The minimum absolute atomic E-state index is 0.347. The van der Waals surface area contributed by atoms with Crippen LogP contribution in [0.2, 0.25) is 0 Å². The quantitative estimate of drug-likeness (QED) is 0.532. The van der Waals surface area contributed by atoms with Crippen LogP contribution in [0.4, 0.5) is 0 Å². The fourth-order valence-corrected chi connectivity index (χ4v) is 0.630. The molecule has 1 radical (unpaired) electrons. The molecule has 53 valence electrons. The van der Waals surface area contributed by atoms with Crippen molar-refractivity contribution in [2.24, 2.45) is 0 Å². The van der Waals surface area contributed by atoms with E-state index in [9.17, 15) is 4.79 Å². The molecule has 10 heavy (non-hydrogen) atoms. The van der Waals surface area contributed by atoms with Crippen molar-refractivity contribution in [2.45, 2.75) is 0 Å². The highest BCUT2D eigenvalue weighted by molar-refractivity contribution is 5.87. The van der Waals surface area contributed by atoms with Gasteiger partial charge in [0.25, 0.3) is 0 Å². The number of nitrogens with one attached hydrogen (secondary N) is 1. The third kappa shape index (κ3) is 1.37. The van der Waals surface area contributed by atoms with Gasteiger partial charge in [-0.25, -0.2) is 4.79 Å². The van der Waals surface area contributed by atoms with Crippen molar-refractivity contribution < 1.29 is 9.53 Å². The molecule has 1 rings (SSSR count). The zero-order valence-corrected chi connectivity index (χ0v) is 5.63. The Bertz CT molecular complexity index is 184. The molecular formula is C7H8NO2. The minimum atomic E-state index is -0.347. The van der Waals surface area contributed by atoms with Gasteiger partial charge in [0.2, 0.25) is 0 Å². The van der Waals surface area contributed by atoms with Crippen LogP contribution in [-0.2, 0) is 9.53 Å². The number of ether oxygens (including phenoxy) is 1. The molecule has 0 saturated carbocycles. The van der Waals surface area contributed by atoms with Gasteiger partial charge in [-0.2, -0.15) is 0 Å². The fourth-order valence-electron chi connectivity index (χ4n) is 0.630. The maximum absolute atomic E-state index is 10.8. The molecule has 3 heteroatoms. The summed E-state index contributed by atoms with van der Waals surface area (Å²) in [5.41, 5.74) is 0. The van der Waals surface area contributed by atoms with Crippen molar-refractivity contribution in [1.29, 1.82) is 0 Å². The lowest BCUT2D eigenvalue weighted by Crippen LogP contribution is -2.24. The van der Waals surface area contributed by atoms with Crippen molar-refractivity contribution in [3.05, 3.63) is 30.5 Å². The van der Waals surface area contributed by atoms with Crippen LogP contribution in [0.5, 0.6) is 0 Å². The van der Waals surface area contributed by atoms with Crippen molar-refractivity contribution in [2.75, 3.05) is 7.11 Å². The molecule has 0 aromatic heterocycles. The van der Waals surface area contributed by atoms with E-state index in [0.29, 0.717) is 6.04 Å². The molecule has 0 bridgehead atoms. The summed E-state index contributed by atoms with van der Waals surface area (Å²) in [4.78, 5) is 10.8. The lowest BCUT2D eigenvalue weighted by Gasteiger charge is -2.10. The zero-order valence-electron chi connectivity index (χ0n) is 5.63. The SMILES string of the molecule is COC(=O)[C]1C=CC=CN1. The summed E-state index contributed by atoms with van der Waals surface area (Å²) >= 11 is 0. The van der Waals surface area contributed by atoms with E-state index in [1.54, 1.807) is 24.4 Å². The van der Waals surface area contributed by atoms with Gasteiger partial charge in [0, 0.05) is 0 Å². The molecule has 0 amide bonds. The fraction of sp³-hybridized carbons (Fsp3) is 0.143. The van der Waals surface area contributed by atoms with Crippen LogP contribution in [0, 0.1) is 6.04 Å². The lowest BCUT2D eigenvalue weighted by molar-refractivity contribution is -0.138. The third-order valence-corrected chi connectivity index (χ3v) is 1.11. The Labute approximate surface area is 59.4 Å². The van der Waals surface area contributed by atoms with E-state index in [4.69, 9.17) is 0 Å². The average Bonchev–Trinajstić information content (AvgIpc) is 2.05. The second kappa shape index (κ2) is 3.06. The van der Waals surface area contributed by atoms with Crippen LogP contribution in [0.25, 0.3) is 0 Å². The molecule has 0 unspecified atom stereocenters. The van der Waals surface area contributed by atoms with Crippen molar-refractivity contribution in [1.82, 2.24) is 5.32 Å². The van der Waals surface area contributed by atoms with Crippen molar-refractivity contribution in [3.63, 3.8) is 0 Å². The number of hydrogen-bond donors (Lipinski definition) is 1. The summed E-state index contributed by atoms with van der Waals surface area (Å²) in [5.74, 6) is -0.347. The van der Waals surface area contributed by atoms with Crippen molar-refractivity contribution in [3.8, 4) is 0 Å². The predicted molar refractivity (Wildman–Crippen MR) is 36.7 cm³/mol. The molecule has 1 N–H and O–H groups in total. The summed E-state index contributed by atoms with van der Waals surface area (Å²) < 4.78 is 4.47. The van der Waals surface area contributed by atoms with Crippen LogP contribution in [0.1, 0.15) is 0 Å². The first kappa shape index (κ1) is 6.86. The van der Waals surface area contributed by atoms with E-state index in [-0.39, 0.29) is 5.97 Å². The molecule has 3 nitrogen and oxygen atoms in total. The number of methoxy groups -OCH3 is 1. The van der Waals surface area contributed by atoms with Crippen LogP contribution in [0.15, 0.2) is 24.4 Å². The van der Waals surface area contributed by atoms with Gasteiger partial charge in [-0.1, -0.05) is 6.08 Å². The predicted octanol–water partition coefficient (Wildman–Crippen LogP) is 0.364. The van der Waals surface area contributed by atoms with Crippen molar-refractivity contribution >= 4 is 5.97 Å². The maximum atomic E-state index is 10.8. The molecule has 0 aromatic carbocycles. The number of rotatable bonds is 1. The van der Waals surface area contributed by atoms with Gasteiger partial charge in [-0.05, 0) is 18.4 Å². The van der Waals surface area contributed by atoms with E-state index >= 15 is 0 Å². The molecule has 0 atom stereocenters. The molecule has 1 aliphatic heterocycles. The zero-order chi connectivity index (χ0) is 7.40. The van der Waals surface area contributed by atoms with Gasteiger partial charge in [-0.3, -0.25) is 0 Å². The number of allylic oxidation sites excluding steroid dienone is 2. The van der Waals surface area contributed by atoms with E-state index in [1.807, 2.05) is 0 Å². The van der Waals surface area contributed by atoms with E-state index in [1.165, 1.54) is 7.11 Å². The monoisotopic (exact) mass is 138 g/mol. The Morgan fingerprint density at radius 1 is 1.60 bits per heavy atom. The molecule has 0 aliphatic carbocycles. The first-order valence-corrected chi connectivity index (χ1v) is 2.89. The molecule has 0 saturated heterocycles. The Balaban J connectivity index is 2.51. The van der Waals surface area contributed by atoms with Gasteiger partial charge in [0.1, 0.15) is 0 Å². The molecular weight excluding hydrogens is 130 g/mol. The van der Waals surface area contributed by atoms with Gasteiger partial charge in [0.15, 0.2) is 6.04 Å². The van der Waals surface area contributed by atoms with E-state index in [0.717, 1.165) is 0 Å². The topological polar surface area (TPSA) is 38.3 Å². The molecule has 0 spiro atoms. The summed E-state index contributed by atoms with van der Waals surface area (Å²) in [6.07, 6.45) is 6.90. The number of hydrogen-bond acceptors (Lipinski definition) is 3. The average molecular weight is 138 g/mol. The number of esters is 1. The lowest BCUT2D eigenvalue weighted by atomic mass is 10.2. The second-order valence-electron chi connectivity index (χ2n) is 1.77. The third-order valence-electron chi connectivity index (χ3n) is 1.11. The van der Waals surface area contributed by atoms with Crippen LogP contribution in [-0.4, -0.2) is 13.1 Å². The highest BCUT2D eigenvalue weighted by atomic mass is 16.5. The first-order valence-electron chi connectivity index (χ1n) is 2.89. The standard InChI is InChI=1S/C7H8NO2/c1-10-7(9)6-4-2-3-5-8-6/h2-5,8H,1H3. The van der Waals surface area contributed by atoms with Crippen LogP contribution < -0.4 is 5.32 Å². The number of carbonyl (C=O) groups excluding carboxylic acids is 1. The minimum Gasteiger partial charge on any atom is -0.467 e. The Hall–Kier alpha value is -1.25. The summed E-state index contributed by atoms with van der Waals surface area (Å²) in [6, 6.07) is 0.463. The summed E-state index contributed by atoms with van der Waals surface area (Å²) in [5, 5.41) is 2.74. The Kier molecular flexibility index (Phi) is 2.10. The molecule has 0 aromatic rings. The number of dihydropyridines is 1. The number of carbonyl (C=O) groups is 1. The Morgan fingerprint density at radius 3 is 2.90 bits per heavy atom. The highest BCUT2D eigenvalue weighted by Gasteiger charge is 2.15. The summed E-state index contributed by atoms with van der Waals surface area (Å²) in [6.45, 7) is 0. The van der Waals surface area contributed by atoms with Gasteiger partial charge >= 0.3 is 5.97 Å². The van der Waals surface area contributed by atoms with Gasteiger partial charge < -0.3 is 10.1 Å². The molecule has 0 fully saturated rings. The largest absolute Gasteiger partial charge is 0.467 e. The normalized spacial score (nSPS) is 16.5. The molecule has 1 heterocycles. The maximum Gasteiger partial charge on any atom is 0.339 e. The van der Waals surface area contributed by atoms with E-state index in [2.05, 4.69) is 10.1 Å². The first-order chi connectivity index (χ1) is 4.84. The van der Waals surface area contributed by atoms with Gasteiger partial charge in [-0.15, -0.1) is 0 Å². The second-order valence-corrected chi connectivity index (χ2v) is 1.77. The smallest absolute Gasteiger partial charge is 0.339 e. The summed E-state index contributed by atoms with van der Waals surface area (Å²) in [7, 11) is 1.35.